The Hall–Kier alpha value is -1.58. The van der Waals surface area contributed by atoms with Crippen LogP contribution in [-0.2, 0) is 19.1 Å². The van der Waals surface area contributed by atoms with Crippen LogP contribution in [0.5, 0.6) is 0 Å². The minimum absolute atomic E-state index is 0.0823. The number of ether oxygens (including phenoxy) is 2. The first-order valence-corrected chi connectivity index (χ1v) is 8.21. The molecule has 0 amide bonds. The highest BCUT2D eigenvalue weighted by Crippen LogP contribution is 2.32. The molecule has 0 radical (unpaired) electrons. The van der Waals surface area contributed by atoms with E-state index in [0.717, 1.165) is 19.3 Å². The fraction of sp³-hybridized carbons (Fsp3) is 0.684. The van der Waals surface area contributed by atoms with Gasteiger partial charge in [0.05, 0.1) is 0 Å². The Kier molecular flexibility index (Phi) is 8.88. The van der Waals surface area contributed by atoms with Gasteiger partial charge >= 0.3 is 11.9 Å². The third-order valence-electron chi connectivity index (χ3n) is 3.83. The number of rotatable bonds is 10. The zero-order chi connectivity index (χ0) is 18.2. The molecule has 23 heavy (non-hydrogen) atoms. The van der Waals surface area contributed by atoms with E-state index < -0.39 is 18.2 Å². The Balaban J connectivity index is 4.80. The van der Waals surface area contributed by atoms with Crippen molar-refractivity contribution in [3.05, 3.63) is 24.3 Å². The van der Waals surface area contributed by atoms with Crippen molar-refractivity contribution in [3.63, 3.8) is 0 Å². The summed E-state index contributed by atoms with van der Waals surface area (Å²) in [6.07, 6.45) is 2.54. The van der Waals surface area contributed by atoms with E-state index in [0.29, 0.717) is 12.3 Å². The van der Waals surface area contributed by atoms with Crippen LogP contribution in [0.15, 0.2) is 24.3 Å². The van der Waals surface area contributed by atoms with Gasteiger partial charge < -0.3 is 9.47 Å². The minimum atomic E-state index is -0.903. The molecule has 0 rings (SSSR count). The molecule has 1 atom stereocenters. The van der Waals surface area contributed by atoms with E-state index in [9.17, 15) is 9.59 Å². The molecule has 0 saturated carbocycles. The molecular formula is C19H32O4. The van der Waals surface area contributed by atoms with Crippen LogP contribution in [0.1, 0.15) is 67.2 Å². The van der Waals surface area contributed by atoms with Crippen LogP contribution in [0.2, 0.25) is 0 Å². The van der Waals surface area contributed by atoms with Crippen molar-refractivity contribution in [3.8, 4) is 0 Å². The summed E-state index contributed by atoms with van der Waals surface area (Å²) in [5.41, 5.74) is 0.638. The van der Waals surface area contributed by atoms with E-state index in [-0.39, 0.29) is 16.6 Å². The first-order chi connectivity index (χ1) is 10.5. The molecule has 0 aliphatic rings. The average molecular weight is 324 g/mol. The molecule has 0 N–H and O–H groups in total. The summed E-state index contributed by atoms with van der Waals surface area (Å²) in [6.45, 7) is 19.0. The van der Waals surface area contributed by atoms with Crippen molar-refractivity contribution in [2.75, 3.05) is 0 Å². The minimum Gasteiger partial charge on any atom is -0.422 e. The molecule has 0 spiro atoms. The molecule has 0 aromatic heterocycles. The van der Waals surface area contributed by atoms with Crippen LogP contribution in [0, 0.1) is 11.3 Å². The van der Waals surface area contributed by atoms with Gasteiger partial charge in [-0.2, -0.15) is 0 Å². The summed E-state index contributed by atoms with van der Waals surface area (Å²) in [7, 11) is 0. The van der Waals surface area contributed by atoms with Crippen LogP contribution in [0.3, 0.4) is 0 Å². The van der Waals surface area contributed by atoms with Crippen molar-refractivity contribution >= 4 is 11.9 Å². The fourth-order valence-electron chi connectivity index (χ4n) is 2.28. The van der Waals surface area contributed by atoms with E-state index in [1.54, 1.807) is 13.8 Å². The Labute approximate surface area is 140 Å². The van der Waals surface area contributed by atoms with Crippen LogP contribution < -0.4 is 0 Å². The van der Waals surface area contributed by atoms with Crippen LogP contribution in [0.25, 0.3) is 0 Å². The Bertz CT molecular complexity index is 420. The van der Waals surface area contributed by atoms with Gasteiger partial charge in [0.25, 0.3) is 0 Å². The van der Waals surface area contributed by atoms with E-state index >= 15 is 0 Å². The number of carbonyl (C=O) groups excluding carboxylic acids is 2. The highest BCUT2D eigenvalue weighted by molar-refractivity contribution is 5.88. The molecule has 0 bridgehead atoms. The van der Waals surface area contributed by atoms with Gasteiger partial charge in [0.15, 0.2) is 0 Å². The zero-order valence-electron chi connectivity index (χ0n) is 15.5. The number of hydrogen-bond donors (Lipinski definition) is 0. The summed E-state index contributed by atoms with van der Waals surface area (Å²) in [5, 5.41) is 0. The van der Waals surface area contributed by atoms with E-state index in [2.05, 4.69) is 40.9 Å². The predicted octanol–water partition coefficient (Wildman–Crippen LogP) is 4.79. The molecule has 4 heteroatoms. The lowest BCUT2D eigenvalue weighted by atomic mass is 9.79. The highest BCUT2D eigenvalue weighted by Gasteiger charge is 2.26. The van der Waals surface area contributed by atoms with Gasteiger partial charge in [0.2, 0.25) is 6.29 Å². The van der Waals surface area contributed by atoms with Crippen molar-refractivity contribution in [1.82, 2.24) is 0 Å². The monoisotopic (exact) mass is 324 g/mol. The zero-order valence-corrected chi connectivity index (χ0v) is 15.5. The molecule has 0 aromatic rings. The molecule has 1 unspecified atom stereocenters. The number of carbonyl (C=O) groups is 2. The fourth-order valence-corrected chi connectivity index (χ4v) is 2.28. The van der Waals surface area contributed by atoms with Crippen molar-refractivity contribution in [2.45, 2.75) is 73.5 Å². The van der Waals surface area contributed by atoms with E-state index in [1.807, 2.05) is 0 Å². The average Bonchev–Trinajstić information content (AvgIpc) is 2.43. The van der Waals surface area contributed by atoms with E-state index in [4.69, 9.17) is 9.47 Å². The van der Waals surface area contributed by atoms with Gasteiger partial charge in [0, 0.05) is 17.6 Å². The SMILES string of the molecule is C=C(C)C(=O)OC(CCC(C)(C)CC(C)CC)OC(=O)C(=C)C. The maximum atomic E-state index is 11.7. The maximum absolute atomic E-state index is 11.7. The predicted molar refractivity (Wildman–Crippen MR) is 92.7 cm³/mol. The second kappa shape index (κ2) is 9.53. The molecule has 4 nitrogen and oxygen atoms in total. The van der Waals surface area contributed by atoms with Gasteiger partial charge in [-0.1, -0.05) is 47.3 Å². The second-order valence-corrected chi connectivity index (χ2v) is 7.22. The number of esters is 2. The summed E-state index contributed by atoms with van der Waals surface area (Å²) in [6, 6.07) is 0. The normalized spacial score (nSPS) is 12.7. The van der Waals surface area contributed by atoms with Gasteiger partial charge in [-0.3, -0.25) is 0 Å². The van der Waals surface area contributed by atoms with Crippen molar-refractivity contribution in [1.29, 1.82) is 0 Å². The molecular weight excluding hydrogens is 292 g/mol. The van der Waals surface area contributed by atoms with Gasteiger partial charge in [0.1, 0.15) is 0 Å². The smallest absolute Gasteiger partial charge is 0.336 e. The topological polar surface area (TPSA) is 52.6 Å². The molecule has 0 aliphatic heterocycles. The first kappa shape index (κ1) is 21.4. The summed E-state index contributed by atoms with van der Waals surface area (Å²) >= 11 is 0. The second-order valence-electron chi connectivity index (χ2n) is 7.22. The Morgan fingerprint density at radius 3 is 1.83 bits per heavy atom. The van der Waals surface area contributed by atoms with Crippen LogP contribution in [-0.4, -0.2) is 18.2 Å². The molecule has 0 aromatic carbocycles. The Morgan fingerprint density at radius 1 is 1.04 bits per heavy atom. The molecule has 0 saturated heterocycles. The van der Waals surface area contributed by atoms with Gasteiger partial charge in [-0.15, -0.1) is 0 Å². The summed E-state index contributed by atoms with van der Waals surface area (Å²) in [4.78, 5) is 23.4. The third kappa shape index (κ3) is 9.22. The van der Waals surface area contributed by atoms with Crippen LogP contribution in [0.4, 0.5) is 0 Å². The lowest BCUT2D eigenvalue weighted by Crippen LogP contribution is -2.27. The third-order valence-corrected chi connectivity index (χ3v) is 3.83. The Morgan fingerprint density at radius 2 is 1.48 bits per heavy atom. The lowest BCUT2D eigenvalue weighted by Gasteiger charge is -2.29. The first-order valence-electron chi connectivity index (χ1n) is 8.21. The highest BCUT2D eigenvalue weighted by atomic mass is 16.7. The maximum Gasteiger partial charge on any atom is 0.336 e. The molecule has 132 valence electrons. The van der Waals surface area contributed by atoms with Crippen LogP contribution >= 0.6 is 0 Å². The summed E-state index contributed by atoms with van der Waals surface area (Å²) < 4.78 is 10.5. The van der Waals surface area contributed by atoms with E-state index in [1.165, 1.54) is 0 Å². The molecule has 0 aliphatic carbocycles. The number of hydrogen-bond acceptors (Lipinski definition) is 4. The largest absolute Gasteiger partial charge is 0.422 e. The van der Waals surface area contributed by atoms with Gasteiger partial charge in [-0.05, 0) is 38.0 Å². The van der Waals surface area contributed by atoms with Gasteiger partial charge in [-0.25, -0.2) is 9.59 Å². The molecule has 0 heterocycles. The standard InChI is InChI=1S/C19H32O4/c1-9-15(6)12-19(7,8)11-10-16(22-17(20)13(2)3)23-18(21)14(4)5/h15-16H,2,4,9-12H2,1,3,5-8H3. The summed E-state index contributed by atoms with van der Waals surface area (Å²) in [5.74, 6) is -0.479. The lowest BCUT2D eigenvalue weighted by molar-refractivity contribution is -0.184. The molecule has 0 fully saturated rings. The quantitative estimate of drug-likeness (QED) is 0.329. The van der Waals surface area contributed by atoms with Crippen molar-refractivity contribution in [2.24, 2.45) is 11.3 Å². The van der Waals surface area contributed by atoms with Crippen molar-refractivity contribution < 1.29 is 19.1 Å².